The molecule has 1 aromatic heterocycles. The van der Waals surface area contributed by atoms with Gasteiger partial charge in [0.15, 0.2) is 0 Å². The maximum Gasteiger partial charge on any atom is 0.340 e. The van der Waals surface area contributed by atoms with Gasteiger partial charge in [0.2, 0.25) is 5.91 Å². The van der Waals surface area contributed by atoms with Gasteiger partial charge < -0.3 is 19.5 Å². The Hall–Kier alpha value is -2.31. The Bertz CT molecular complexity index is 783. The Labute approximate surface area is 179 Å². The summed E-state index contributed by atoms with van der Waals surface area (Å²) in [6.07, 6.45) is 5.78. The number of nitrogens with zero attached hydrogens (tertiary/aromatic N) is 2. The molecule has 7 nitrogen and oxygen atoms in total. The van der Waals surface area contributed by atoms with Crippen molar-refractivity contribution in [3.63, 3.8) is 0 Å². The van der Waals surface area contributed by atoms with Crippen molar-refractivity contribution >= 4 is 17.8 Å². The predicted molar refractivity (Wildman–Crippen MR) is 114 cm³/mol. The molecular formula is C23H35N3O4. The fourth-order valence-electron chi connectivity index (χ4n) is 4.58. The fourth-order valence-corrected chi connectivity index (χ4v) is 4.58. The molecule has 1 N–H and O–H groups in total. The predicted octanol–water partition coefficient (Wildman–Crippen LogP) is 3.45. The second kappa shape index (κ2) is 9.67. The first-order valence-electron chi connectivity index (χ1n) is 11.3. The number of rotatable bonds is 4. The van der Waals surface area contributed by atoms with Gasteiger partial charge in [0.1, 0.15) is 5.69 Å². The largest absolute Gasteiger partial charge is 0.459 e. The standard InChI is InChI=1S/C23H35N3O4/c1-15(2)30-23(29)19-16(3)20(24-17(19)4)22(28)26-13-9-18(10-14-26)21(27)25-11-7-5-6-8-12-25/h15,18,24H,5-14H2,1-4H3. The molecule has 0 atom stereocenters. The van der Waals surface area contributed by atoms with E-state index < -0.39 is 5.97 Å². The maximum absolute atomic E-state index is 13.1. The van der Waals surface area contributed by atoms with Gasteiger partial charge in [0, 0.05) is 37.8 Å². The van der Waals surface area contributed by atoms with Crippen LogP contribution in [0.1, 0.15) is 84.5 Å². The number of likely N-dealkylation sites (tertiary alicyclic amines) is 2. The van der Waals surface area contributed by atoms with Crippen LogP contribution >= 0.6 is 0 Å². The van der Waals surface area contributed by atoms with Gasteiger partial charge in [0.25, 0.3) is 5.91 Å². The zero-order chi connectivity index (χ0) is 21.8. The number of nitrogens with one attached hydrogen (secondary N) is 1. The zero-order valence-corrected chi connectivity index (χ0v) is 18.8. The van der Waals surface area contributed by atoms with E-state index in [9.17, 15) is 14.4 Å². The molecule has 0 radical (unpaired) electrons. The molecule has 0 aliphatic carbocycles. The molecule has 3 rings (SSSR count). The number of ether oxygens (including phenoxy) is 1. The van der Waals surface area contributed by atoms with Crippen LogP contribution in [-0.4, -0.2) is 64.9 Å². The number of aromatic amines is 1. The van der Waals surface area contributed by atoms with Gasteiger partial charge in [-0.05, 0) is 58.9 Å². The minimum atomic E-state index is -0.406. The highest BCUT2D eigenvalue weighted by molar-refractivity contribution is 6.00. The summed E-state index contributed by atoms with van der Waals surface area (Å²) in [5.74, 6) is -0.248. The van der Waals surface area contributed by atoms with E-state index in [1.54, 1.807) is 32.6 Å². The van der Waals surface area contributed by atoms with Crippen LogP contribution in [0, 0.1) is 19.8 Å². The second-order valence-electron chi connectivity index (χ2n) is 8.89. The number of aryl methyl sites for hydroxylation is 1. The average Bonchev–Trinajstić information content (AvgIpc) is 2.89. The summed E-state index contributed by atoms with van der Waals surface area (Å²) in [4.78, 5) is 45.3. The number of hydrogen-bond acceptors (Lipinski definition) is 4. The van der Waals surface area contributed by atoms with Crippen LogP contribution in [0.15, 0.2) is 0 Å². The van der Waals surface area contributed by atoms with Crippen molar-refractivity contribution in [2.24, 2.45) is 5.92 Å². The molecule has 7 heteroatoms. The minimum Gasteiger partial charge on any atom is -0.459 e. The number of carbonyl (C=O) groups excluding carboxylic acids is 3. The maximum atomic E-state index is 13.1. The fraction of sp³-hybridized carbons (Fsp3) is 0.696. The van der Waals surface area contributed by atoms with Gasteiger partial charge in [-0.2, -0.15) is 0 Å². The van der Waals surface area contributed by atoms with E-state index in [-0.39, 0.29) is 23.8 Å². The molecule has 2 fully saturated rings. The summed E-state index contributed by atoms with van der Waals surface area (Å²) in [6, 6.07) is 0. The number of amides is 2. The summed E-state index contributed by atoms with van der Waals surface area (Å²) in [7, 11) is 0. The lowest BCUT2D eigenvalue weighted by Crippen LogP contribution is -2.44. The highest BCUT2D eigenvalue weighted by Gasteiger charge is 2.32. The Balaban J connectivity index is 1.63. The van der Waals surface area contributed by atoms with Crippen molar-refractivity contribution in [3.05, 3.63) is 22.5 Å². The first-order valence-corrected chi connectivity index (χ1v) is 11.3. The van der Waals surface area contributed by atoms with Crippen molar-refractivity contribution in [3.8, 4) is 0 Å². The first kappa shape index (κ1) is 22.4. The van der Waals surface area contributed by atoms with Crippen molar-refractivity contribution in [2.75, 3.05) is 26.2 Å². The monoisotopic (exact) mass is 417 g/mol. The Kier molecular flexibility index (Phi) is 7.21. The molecule has 0 unspecified atom stereocenters. The van der Waals surface area contributed by atoms with Crippen molar-refractivity contribution in [1.29, 1.82) is 0 Å². The summed E-state index contributed by atoms with van der Waals surface area (Å²) in [6.45, 7) is 10.0. The van der Waals surface area contributed by atoms with E-state index in [1.165, 1.54) is 12.8 Å². The molecule has 0 saturated carbocycles. The van der Waals surface area contributed by atoms with Gasteiger partial charge in [-0.1, -0.05) is 12.8 Å². The molecular weight excluding hydrogens is 382 g/mol. The van der Waals surface area contributed by atoms with Crippen molar-refractivity contribution in [1.82, 2.24) is 14.8 Å². The number of hydrogen-bond donors (Lipinski definition) is 1. The minimum absolute atomic E-state index is 0.00945. The summed E-state index contributed by atoms with van der Waals surface area (Å²) < 4.78 is 5.32. The first-order chi connectivity index (χ1) is 14.3. The number of piperidine rings is 1. The van der Waals surface area contributed by atoms with Crippen LogP contribution < -0.4 is 0 Å². The van der Waals surface area contributed by atoms with Crippen molar-refractivity contribution in [2.45, 2.75) is 72.3 Å². The van der Waals surface area contributed by atoms with Crippen LogP contribution in [0.25, 0.3) is 0 Å². The lowest BCUT2D eigenvalue weighted by molar-refractivity contribution is -0.136. The van der Waals surface area contributed by atoms with E-state index in [1.807, 2.05) is 4.90 Å². The van der Waals surface area contributed by atoms with Gasteiger partial charge in [-0.3, -0.25) is 9.59 Å². The molecule has 166 valence electrons. The molecule has 0 bridgehead atoms. The van der Waals surface area contributed by atoms with Crippen LogP contribution in [0.2, 0.25) is 0 Å². The molecule has 1 aromatic rings. The molecule has 2 amide bonds. The molecule has 2 aliphatic heterocycles. The van der Waals surface area contributed by atoms with E-state index in [0.29, 0.717) is 48.4 Å². The summed E-state index contributed by atoms with van der Waals surface area (Å²) in [5, 5.41) is 0. The molecule has 30 heavy (non-hydrogen) atoms. The normalized spacial score (nSPS) is 18.4. The third-order valence-corrected chi connectivity index (χ3v) is 6.25. The third kappa shape index (κ3) is 4.87. The summed E-state index contributed by atoms with van der Waals surface area (Å²) >= 11 is 0. The van der Waals surface area contributed by atoms with E-state index in [4.69, 9.17) is 4.74 Å². The Morgan fingerprint density at radius 1 is 0.933 bits per heavy atom. The lowest BCUT2D eigenvalue weighted by Gasteiger charge is -2.34. The highest BCUT2D eigenvalue weighted by atomic mass is 16.5. The number of aromatic nitrogens is 1. The molecule has 2 saturated heterocycles. The Morgan fingerprint density at radius 3 is 2.10 bits per heavy atom. The topological polar surface area (TPSA) is 82.7 Å². The lowest BCUT2D eigenvalue weighted by atomic mass is 9.94. The quantitative estimate of drug-likeness (QED) is 0.761. The molecule has 0 spiro atoms. The molecule has 0 aromatic carbocycles. The average molecular weight is 418 g/mol. The zero-order valence-electron chi connectivity index (χ0n) is 18.8. The second-order valence-corrected chi connectivity index (χ2v) is 8.89. The number of H-pyrrole nitrogens is 1. The van der Waals surface area contributed by atoms with Crippen molar-refractivity contribution < 1.29 is 19.1 Å². The van der Waals surface area contributed by atoms with Crippen LogP contribution in [-0.2, 0) is 9.53 Å². The Morgan fingerprint density at radius 2 is 1.53 bits per heavy atom. The van der Waals surface area contributed by atoms with Crippen LogP contribution in [0.4, 0.5) is 0 Å². The number of carbonyl (C=O) groups is 3. The SMILES string of the molecule is Cc1[nH]c(C(=O)N2CCC(C(=O)N3CCCCCC3)CC2)c(C)c1C(=O)OC(C)C. The molecule has 3 heterocycles. The number of esters is 1. The van der Waals surface area contributed by atoms with E-state index in [2.05, 4.69) is 4.98 Å². The smallest absolute Gasteiger partial charge is 0.340 e. The van der Waals surface area contributed by atoms with Gasteiger partial charge in [-0.15, -0.1) is 0 Å². The van der Waals surface area contributed by atoms with E-state index >= 15 is 0 Å². The van der Waals surface area contributed by atoms with E-state index in [0.717, 1.165) is 25.9 Å². The van der Waals surface area contributed by atoms with Gasteiger partial charge >= 0.3 is 5.97 Å². The van der Waals surface area contributed by atoms with Crippen LogP contribution in [0.3, 0.4) is 0 Å². The third-order valence-electron chi connectivity index (χ3n) is 6.25. The van der Waals surface area contributed by atoms with Gasteiger partial charge in [-0.25, -0.2) is 4.79 Å². The van der Waals surface area contributed by atoms with Gasteiger partial charge in [0.05, 0.1) is 11.7 Å². The highest BCUT2D eigenvalue weighted by Crippen LogP contribution is 2.25. The van der Waals surface area contributed by atoms with Crippen LogP contribution in [0.5, 0.6) is 0 Å². The molecule has 2 aliphatic rings. The summed E-state index contributed by atoms with van der Waals surface area (Å²) in [5.41, 5.74) is 2.16.